The van der Waals surface area contributed by atoms with Gasteiger partial charge in [0.15, 0.2) is 0 Å². The van der Waals surface area contributed by atoms with Crippen LogP contribution in [-0.2, 0) is 0 Å². The quantitative estimate of drug-likeness (QED) is 0.556. The van der Waals surface area contributed by atoms with Gasteiger partial charge in [0.05, 0.1) is 10.7 Å². The van der Waals surface area contributed by atoms with Crippen molar-refractivity contribution in [2.45, 2.75) is 6.42 Å². The lowest BCUT2D eigenvalue weighted by atomic mass is 10.3. The lowest BCUT2D eigenvalue weighted by Crippen LogP contribution is -2.00. The minimum Gasteiger partial charge on any atom is -0.383 e. The van der Waals surface area contributed by atoms with Crippen LogP contribution >= 0.6 is 11.6 Å². The van der Waals surface area contributed by atoms with Crippen molar-refractivity contribution < 1.29 is 0 Å². The monoisotopic (exact) mass is 179 g/mol. The van der Waals surface area contributed by atoms with E-state index in [1.54, 1.807) is 0 Å². The molecular formula is C10H10ClN. The predicted molar refractivity (Wildman–Crippen MR) is 53.4 cm³/mol. The Balaban J connectivity index is 2.53. The maximum atomic E-state index is 5.89. The molecule has 0 atom stereocenters. The van der Waals surface area contributed by atoms with Crippen molar-refractivity contribution in [3.05, 3.63) is 29.3 Å². The third kappa shape index (κ3) is 2.48. The summed E-state index contributed by atoms with van der Waals surface area (Å²) in [6, 6.07) is 7.61. The molecule has 0 saturated carbocycles. The lowest BCUT2D eigenvalue weighted by Gasteiger charge is -2.04. The van der Waals surface area contributed by atoms with Crippen molar-refractivity contribution >= 4 is 17.3 Å². The third-order valence-corrected chi connectivity index (χ3v) is 1.79. The summed E-state index contributed by atoms with van der Waals surface area (Å²) in [6.07, 6.45) is 5.82. The van der Waals surface area contributed by atoms with Crippen LogP contribution in [0.1, 0.15) is 6.42 Å². The van der Waals surface area contributed by atoms with Gasteiger partial charge in [0, 0.05) is 13.0 Å². The number of hydrogen-bond donors (Lipinski definition) is 1. The maximum absolute atomic E-state index is 5.89. The molecule has 1 aromatic rings. The van der Waals surface area contributed by atoms with Gasteiger partial charge in [-0.2, -0.15) is 0 Å². The molecule has 0 radical (unpaired) electrons. The van der Waals surface area contributed by atoms with Gasteiger partial charge in [-0.1, -0.05) is 23.7 Å². The molecular weight excluding hydrogens is 170 g/mol. The number of nitrogens with one attached hydrogen (secondary N) is 1. The molecule has 0 heterocycles. The van der Waals surface area contributed by atoms with Crippen LogP contribution in [0.5, 0.6) is 0 Å². The Bertz CT molecular complexity index is 288. The van der Waals surface area contributed by atoms with Gasteiger partial charge in [-0.25, -0.2) is 0 Å². The second-order valence-corrected chi connectivity index (χ2v) is 2.77. The van der Waals surface area contributed by atoms with E-state index in [4.69, 9.17) is 18.0 Å². The van der Waals surface area contributed by atoms with Crippen LogP contribution in [0.4, 0.5) is 5.69 Å². The zero-order valence-electron chi connectivity index (χ0n) is 6.68. The first-order valence-corrected chi connectivity index (χ1v) is 4.14. The zero-order chi connectivity index (χ0) is 8.81. The van der Waals surface area contributed by atoms with Gasteiger partial charge in [0.2, 0.25) is 0 Å². The third-order valence-electron chi connectivity index (χ3n) is 1.46. The molecule has 1 nitrogen and oxygen atoms in total. The van der Waals surface area contributed by atoms with E-state index in [0.29, 0.717) is 6.42 Å². The van der Waals surface area contributed by atoms with E-state index < -0.39 is 0 Å². The summed E-state index contributed by atoms with van der Waals surface area (Å²) in [5.41, 5.74) is 0.939. The fourth-order valence-corrected chi connectivity index (χ4v) is 1.08. The molecule has 1 rings (SSSR count). The topological polar surface area (TPSA) is 12.0 Å². The Kier molecular flexibility index (Phi) is 3.50. The van der Waals surface area contributed by atoms with Crippen molar-refractivity contribution in [1.82, 2.24) is 0 Å². The van der Waals surface area contributed by atoms with Crippen molar-refractivity contribution in [1.29, 1.82) is 0 Å². The lowest BCUT2D eigenvalue weighted by molar-refractivity contribution is 1.10. The second-order valence-electron chi connectivity index (χ2n) is 2.36. The molecule has 0 spiro atoms. The van der Waals surface area contributed by atoms with Crippen LogP contribution < -0.4 is 5.32 Å². The first-order valence-electron chi connectivity index (χ1n) is 3.76. The van der Waals surface area contributed by atoms with Gasteiger partial charge < -0.3 is 5.32 Å². The van der Waals surface area contributed by atoms with Crippen LogP contribution in [0.25, 0.3) is 0 Å². The summed E-state index contributed by atoms with van der Waals surface area (Å²) in [5, 5.41) is 3.87. The number of terminal acetylenes is 1. The maximum Gasteiger partial charge on any atom is 0.0637 e. The van der Waals surface area contributed by atoms with Crippen LogP contribution in [0.2, 0.25) is 5.02 Å². The zero-order valence-corrected chi connectivity index (χ0v) is 7.43. The normalized spacial score (nSPS) is 9.00. The van der Waals surface area contributed by atoms with Gasteiger partial charge in [-0.15, -0.1) is 12.3 Å². The molecule has 0 amide bonds. The summed E-state index contributed by atoms with van der Waals surface area (Å²) >= 11 is 5.89. The molecule has 1 N–H and O–H groups in total. The van der Waals surface area contributed by atoms with E-state index in [0.717, 1.165) is 17.3 Å². The highest BCUT2D eigenvalue weighted by Crippen LogP contribution is 2.19. The van der Waals surface area contributed by atoms with Crippen LogP contribution in [-0.4, -0.2) is 6.54 Å². The van der Waals surface area contributed by atoms with Crippen LogP contribution in [0, 0.1) is 12.3 Å². The standard InChI is InChI=1S/C10H10ClN/c1-2-3-8-12-10-7-5-4-6-9(10)11/h1,4-7,12H,3,8H2. The van der Waals surface area contributed by atoms with Gasteiger partial charge in [-0.3, -0.25) is 0 Å². The molecule has 0 aliphatic carbocycles. The number of hydrogen-bond acceptors (Lipinski definition) is 1. The SMILES string of the molecule is C#CCCNc1ccccc1Cl. The first-order chi connectivity index (χ1) is 5.84. The number of anilines is 1. The predicted octanol–water partition coefficient (Wildman–Crippen LogP) is 2.78. The fourth-order valence-electron chi connectivity index (χ4n) is 0.874. The Morgan fingerprint density at radius 3 is 2.83 bits per heavy atom. The van der Waals surface area contributed by atoms with E-state index in [-0.39, 0.29) is 0 Å². The van der Waals surface area contributed by atoms with Gasteiger partial charge in [0.1, 0.15) is 0 Å². The first kappa shape index (κ1) is 8.96. The molecule has 0 aliphatic rings. The van der Waals surface area contributed by atoms with Crippen LogP contribution in [0.3, 0.4) is 0 Å². The number of halogens is 1. The summed E-state index contributed by atoms with van der Waals surface area (Å²) in [4.78, 5) is 0. The summed E-state index contributed by atoms with van der Waals surface area (Å²) in [6.45, 7) is 0.764. The van der Waals surface area contributed by atoms with Crippen molar-refractivity contribution in [2.75, 3.05) is 11.9 Å². The van der Waals surface area contributed by atoms with E-state index >= 15 is 0 Å². The van der Waals surface area contributed by atoms with Crippen LogP contribution in [0.15, 0.2) is 24.3 Å². The summed E-state index contributed by atoms with van der Waals surface area (Å²) in [5.74, 6) is 2.55. The van der Waals surface area contributed by atoms with Crippen molar-refractivity contribution in [3.63, 3.8) is 0 Å². The van der Waals surface area contributed by atoms with Crippen molar-refractivity contribution in [3.8, 4) is 12.3 Å². The highest BCUT2D eigenvalue weighted by molar-refractivity contribution is 6.33. The molecule has 1 aromatic carbocycles. The summed E-state index contributed by atoms with van der Waals surface area (Å²) < 4.78 is 0. The average molecular weight is 180 g/mol. The Morgan fingerprint density at radius 2 is 2.17 bits per heavy atom. The van der Waals surface area contributed by atoms with Gasteiger partial charge in [0.25, 0.3) is 0 Å². The Labute approximate surface area is 77.7 Å². The molecule has 2 heteroatoms. The molecule has 62 valence electrons. The highest BCUT2D eigenvalue weighted by Gasteiger charge is 1.94. The fraction of sp³-hybridized carbons (Fsp3) is 0.200. The molecule has 0 aliphatic heterocycles. The number of benzene rings is 1. The minimum absolute atomic E-state index is 0.714. The summed E-state index contributed by atoms with van der Waals surface area (Å²) in [7, 11) is 0. The van der Waals surface area contributed by atoms with E-state index in [1.807, 2.05) is 24.3 Å². The molecule has 0 bridgehead atoms. The van der Waals surface area contributed by atoms with Crippen molar-refractivity contribution in [2.24, 2.45) is 0 Å². The Hall–Kier alpha value is -1.13. The Morgan fingerprint density at radius 1 is 1.42 bits per heavy atom. The largest absolute Gasteiger partial charge is 0.383 e. The second kappa shape index (κ2) is 4.69. The van der Waals surface area contributed by atoms with Gasteiger partial charge in [-0.05, 0) is 12.1 Å². The number of rotatable bonds is 3. The molecule has 0 unspecified atom stereocenters. The molecule has 0 saturated heterocycles. The smallest absolute Gasteiger partial charge is 0.0637 e. The minimum atomic E-state index is 0.714. The van der Waals surface area contributed by atoms with E-state index in [2.05, 4.69) is 11.2 Å². The van der Waals surface area contributed by atoms with Gasteiger partial charge >= 0.3 is 0 Å². The number of para-hydroxylation sites is 1. The van der Waals surface area contributed by atoms with E-state index in [1.165, 1.54) is 0 Å². The highest BCUT2D eigenvalue weighted by atomic mass is 35.5. The van der Waals surface area contributed by atoms with E-state index in [9.17, 15) is 0 Å². The molecule has 12 heavy (non-hydrogen) atoms. The molecule has 0 fully saturated rings. The average Bonchev–Trinajstić information content (AvgIpc) is 2.09. The molecule has 0 aromatic heterocycles.